The molecule has 1 fully saturated rings. The van der Waals surface area contributed by atoms with Gasteiger partial charge in [0.2, 0.25) is 0 Å². The van der Waals surface area contributed by atoms with Gasteiger partial charge in [0.15, 0.2) is 0 Å². The molecule has 0 unspecified atom stereocenters. The number of rotatable bonds is 3. The standard InChI is InChI=1S/C13H14N2O4S/c1-13(6-7-13)12-9-3-4-11(16)15(19-20(2,17)18)10(9)5-8-14-12/h3-5,8H,6-7H2,1-2H3. The van der Waals surface area contributed by atoms with Gasteiger partial charge in [0.25, 0.3) is 5.56 Å². The number of hydrogen-bond acceptors (Lipinski definition) is 5. The lowest BCUT2D eigenvalue weighted by Gasteiger charge is -2.14. The maximum Gasteiger partial charge on any atom is 0.324 e. The van der Waals surface area contributed by atoms with Crippen LogP contribution in [0.15, 0.2) is 29.2 Å². The molecule has 3 rings (SSSR count). The molecule has 0 spiro atoms. The number of fused-ring (bicyclic) bond motifs is 1. The monoisotopic (exact) mass is 294 g/mol. The Bertz CT molecular complexity index is 850. The summed E-state index contributed by atoms with van der Waals surface area (Å²) in [7, 11) is -3.78. The van der Waals surface area contributed by atoms with Gasteiger partial charge < -0.3 is 0 Å². The topological polar surface area (TPSA) is 78.3 Å². The Kier molecular flexibility index (Phi) is 2.66. The summed E-state index contributed by atoms with van der Waals surface area (Å²) in [6.07, 6.45) is 4.54. The highest BCUT2D eigenvalue weighted by molar-refractivity contribution is 7.86. The molecule has 106 valence electrons. The molecule has 0 atom stereocenters. The van der Waals surface area contributed by atoms with Crippen molar-refractivity contribution in [1.82, 2.24) is 9.71 Å². The van der Waals surface area contributed by atoms with Gasteiger partial charge >= 0.3 is 10.1 Å². The molecule has 0 radical (unpaired) electrons. The Hall–Kier alpha value is -1.89. The van der Waals surface area contributed by atoms with Crippen molar-refractivity contribution in [2.24, 2.45) is 0 Å². The lowest BCUT2D eigenvalue weighted by molar-refractivity contribution is 0.284. The summed E-state index contributed by atoms with van der Waals surface area (Å²) in [5.74, 6) is 0. The van der Waals surface area contributed by atoms with Crippen molar-refractivity contribution >= 4 is 21.0 Å². The van der Waals surface area contributed by atoms with E-state index in [0.29, 0.717) is 5.52 Å². The molecule has 2 heterocycles. The zero-order chi connectivity index (χ0) is 14.5. The van der Waals surface area contributed by atoms with Gasteiger partial charge in [-0.15, -0.1) is 4.73 Å². The van der Waals surface area contributed by atoms with Gasteiger partial charge in [-0.2, -0.15) is 8.42 Å². The van der Waals surface area contributed by atoms with E-state index in [1.807, 2.05) is 0 Å². The average molecular weight is 294 g/mol. The molecule has 0 amide bonds. The second-order valence-electron chi connectivity index (χ2n) is 5.40. The first-order chi connectivity index (χ1) is 9.30. The third-order valence-electron chi connectivity index (χ3n) is 3.56. The Balaban J connectivity index is 2.30. The second kappa shape index (κ2) is 4.05. The maximum absolute atomic E-state index is 11.8. The van der Waals surface area contributed by atoms with Crippen LogP contribution in [-0.2, 0) is 15.5 Å². The van der Waals surface area contributed by atoms with Gasteiger partial charge in [0, 0.05) is 23.1 Å². The third kappa shape index (κ3) is 2.18. The van der Waals surface area contributed by atoms with E-state index < -0.39 is 15.7 Å². The predicted octanol–water partition coefficient (Wildman–Crippen LogP) is 0.836. The van der Waals surface area contributed by atoms with Gasteiger partial charge in [0.1, 0.15) is 0 Å². The lowest BCUT2D eigenvalue weighted by Crippen LogP contribution is -2.30. The van der Waals surface area contributed by atoms with Crippen LogP contribution in [-0.4, -0.2) is 24.4 Å². The van der Waals surface area contributed by atoms with Gasteiger partial charge in [-0.05, 0) is 25.0 Å². The molecular formula is C13H14N2O4S. The van der Waals surface area contributed by atoms with Gasteiger partial charge in [-0.25, -0.2) is 0 Å². The van der Waals surface area contributed by atoms with Crippen LogP contribution in [0.1, 0.15) is 25.5 Å². The summed E-state index contributed by atoms with van der Waals surface area (Å²) in [6, 6.07) is 4.55. The molecule has 1 aliphatic carbocycles. The Morgan fingerprint density at radius 1 is 1.30 bits per heavy atom. The summed E-state index contributed by atoms with van der Waals surface area (Å²) in [5, 5.41) is 0.746. The van der Waals surface area contributed by atoms with Crippen molar-refractivity contribution in [3.05, 3.63) is 40.4 Å². The van der Waals surface area contributed by atoms with Crippen molar-refractivity contribution in [2.45, 2.75) is 25.2 Å². The molecule has 0 bridgehead atoms. The smallest absolute Gasteiger partial charge is 0.284 e. The third-order valence-corrected chi connectivity index (χ3v) is 3.98. The van der Waals surface area contributed by atoms with Crippen LogP contribution in [0.3, 0.4) is 0 Å². The van der Waals surface area contributed by atoms with E-state index in [1.54, 1.807) is 18.3 Å². The van der Waals surface area contributed by atoms with Crippen molar-refractivity contribution in [3.63, 3.8) is 0 Å². The highest BCUT2D eigenvalue weighted by Crippen LogP contribution is 2.48. The maximum atomic E-state index is 11.8. The Labute approximate surface area is 116 Å². The molecule has 2 aromatic rings. The molecule has 1 aliphatic rings. The zero-order valence-corrected chi connectivity index (χ0v) is 12.0. The van der Waals surface area contributed by atoms with Crippen molar-refractivity contribution < 1.29 is 12.7 Å². The predicted molar refractivity (Wildman–Crippen MR) is 74.0 cm³/mol. The Morgan fingerprint density at radius 2 is 2.00 bits per heavy atom. The van der Waals surface area contributed by atoms with Gasteiger partial charge in [0.05, 0.1) is 17.5 Å². The molecule has 6 nitrogen and oxygen atoms in total. The van der Waals surface area contributed by atoms with E-state index >= 15 is 0 Å². The van der Waals surface area contributed by atoms with Gasteiger partial charge in [-0.1, -0.05) is 6.92 Å². The van der Waals surface area contributed by atoms with E-state index in [0.717, 1.165) is 34.9 Å². The zero-order valence-electron chi connectivity index (χ0n) is 11.2. The van der Waals surface area contributed by atoms with Crippen LogP contribution in [0.5, 0.6) is 0 Å². The SMILES string of the molecule is CC1(c2nccc3c2ccc(=O)n3OS(C)(=O)=O)CC1. The normalized spacial score (nSPS) is 17.1. The van der Waals surface area contributed by atoms with Crippen LogP contribution in [0, 0.1) is 0 Å². The second-order valence-corrected chi connectivity index (χ2v) is 6.95. The van der Waals surface area contributed by atoms with Crippen LogP contribution in [0.25, 0.3) is 10.9 Å². The molecular weight excluding hydrogens is 280 g/mol. The lowest BCUT2D eigenvalue weighted by atomic mass is 10.0. The van der Waals surface area contributed by atoms with E-state index in [-0.39, 0.29) is 5.41 Å². The molecule has 0 saturated heterocycles. The highest BCUT2D eigenvalue weighted by Gasteiger charge is 2.41. The van der Waals surface area contributed by atoms with Crippen molar-refractivity contribution in [3.8, 4) is 0 Å². The highest BCUT2D eigenvalue weighted by atomic mass is 32.2. The Morgan fingerprint density at radius 3 is 2.60 bits per heavy atom. The molecule has 0 N–H and O–H groups in total. The number of pyridine rings is 2. The van der Waals surface area contributed by atoms with E-state index in [1.165, 1.54) is 6.07 Å². The molecule has 2 aromatic heterocycles. The van der Waals surface area contributed by atoms with Crippen LogP contribution >= 0.6 is 0 Å². The number of aromatic nitrogens is 2. The number of nitrogens with zero attached hydrogens (tertiary/aromatic N) is 2. The average Bonchev–Trinajstić information content (AvgIpc) is 3.10. The fourth-order valence-electron chi connectivity index (χ4n) is 2.26. The minimum Gasteiger partial charge on any atom is -0.284 e. The first-order valence-corrected chi connectivity index (χ1v) is 8.03. The first-order valence-electron chi connectivity index (χ1n) is 6.21. The number of hydrogen-bond donors (Lipinski definition) is 0. The summed E-state index contributed by atoms with van der Waals surface area (Å²) in [6.45, 7) is 2.10. The molecule has 0 aliphatic heterocycles. The molecule has 7 heteroatoms. The minimum atomic E-state index is -3.78. The van der Waals surface area contributed by atoms with E-state index in [4.69, 9.17) is 4.28 Å². The summed E-state index contributed by atoms with van der Waals surface area (Å²) >= 11 is 0. The molecule has 1 saturated carbocycles. The van der Waals surface area contributed by atoms with Crippen LogP contribution in [0.2, 0.25) is 0 Å². The largest absolute Gasteiger partial charge is 0.324 e. The fraction of sp³-hybridized carbons (Fsp3) is 0.385. The summed E-state index contributed by atoms with van der Waals surface area (Å²) in [4.78, 5) is 16.2. The summed E-state index contributed by atoms with van der Waals surface area (Å²) in [5.41, 5.74) is 0.773. The quantitative estimate of drug-likeness (QED) is 0.838. The summed E-state index contributed by atoms with van der Waals surface area (Å²) < 4.78 is 28.2. The van der Waals surface area contributed by atoms with Gasteiger partial charge in [-0.3, -0.25) is 14.1 Å². The fourth-order valence-corrected chi connectivity index (χ4v) is 2.69. The van der Waals surface area contributed by atoms with Crippen LogP contribution in [0.4, 0.5) is 0 Å². The molecule has 0 aromatic carbocycles. The van der Waals surface area contributed by atoms with Crippen molar-refractivity contribution in [1.29, 1.82) is 0 Å². The van der Waals surface area contributed by atoms with Crippen molar-refractivity contribution in [2.75, 3.05) is 6.26 Å². The van der Waals surface area contributed by atoms with Crippen LogP contribution < -0.4 is 9.84 Å². The molecule has 20 heavy (non-hydrogen) atoms. The van der Waals surface area contributed by atoms with E-state index in [2.05, 4.69) is 11.9 Å². The minimum absolute atomic E-state index is 0.00678. The van der Waals surface area contributed by atoms with E-state index in [9.17, 15) is 13.2 Å². The first kappa shape index (κ1) is 13.1.